The summed E-state index contributed by atoms with van der Waals surface area (Å²) in [5.74, 6) is -0.351. The van der Waals surface area contributed by atoms with Crippen LogP contribution in [0.2, 0.25) is 10.0 Å². The van der Waals surface area contributed by atoms with E-state index >= 15 is 0 Å². The molecule has 0 aromatic heterocycles. The number of carbonyl (C=O) groups is 2. The van der Waals surface area contributed by atoms with Gasteiger partial charge in [0, 0.05) is 36.2 Å². The lowest BCUT2D eigenvalue weighted by molar-refractivity contribution is -0.149. The monoisotopic (exact) mass is 581 g/mol. The normalized spacial score (nSPS) is 14.2. The summed E-state index contributed by atoms with van der Waals surface area (Å²) in [4.78, 5) is 25.9. The molecule has 8 nitrogen and oxygen atoms in total. The molecular weight excluding hydrogens is 545 g/mol. The van der Waals surface area contributed by atoms with Crippen molar-refractivity contribution in [2.45, 2.75) is 64.3 Å². The zero-order valence-corrected chi connectivity index (χ0v) is 23.8. The van der Waals surface area contributed by atoms with Gasteiger partial charge in [-0.2, -0.15) is 0 Å². The summed E-state index contributed by atoms with van der Waals surface area (Å²) in [6.45, 7) is 4.06. The average Bonchev–Trinajstić information content (AvgIpc) is 3.40. The van der Waals surface area contributed by atoms with Gasteiger partial charge in [0.25, 0.3) is 0 Å². The van der Waals surface area contributed by atoms with Crippen molar-refractivity contribution in [3.05, 3.63) is 63.6 Å². The average molecular weight is 583 g/mol. The second-order valence-electron chi connectivity index (χ2n) is 9.44. The van der Waals surface area contributed by atoms with Crippen molar-refractivity contribution in [3.63, 3.8) is 0 Å². The molecule has 0 saturated heterocycles. The third-order valence-corrected chi connectivity index (χ3v) is 6.79. The van der Waals surface area contributed by atoms with Crippen LogP contribution in [0.3, 0.4) is 0 Å². The first-order valence-corrected chi connectivity index (χ1v) is 14.1. The number of aliphatic carboxylic acids is 1. The minimum atomic E-state index is -0.985. The number of hydrogen-bond acceptors (Lipinski definition) is 6. The lowest BCUT2D eigenvalue weighted by atomic mass is 10.1. The molecule has 0 aliphatic heterocycles. The van der Waals surface area contributed by atoms with Crippen LogP contribution in [0.25, 0.3) is 0 Å². The molecule has 1 aliphatic carbocycles. The van der Waals surface area contributed by atoms with Crippen LogP contribution >= 0.6 is 23.2 Å². The first-order chi connectivity index (χ1) is 18.8. The molecule has 10 heteroatoms. The lowest BCUT2D eigenvalue weighted by Crippen LogP contribution is -2.38. The highest BCUT2D eigenvalue weighted by Crippen LogP contribution is 2.22. The van der Waals surface area contributed by atoms with Crippen LogP contribution < -0.4 is 4.74 Å². The predicted molar refractivity (Wildman–Crippen MR) is 150 cm³/mol. The van der Waals surface area contributed by atoms with Gasteiger partial charge in [0.1, 0.15) is 18.5 Å². The van der Waals surface area contributed by atoms with Crippen molar-refractivity contribution in [1.29, 1.82) is 0 Å². The van der Waals surface area contributed by atoms with Crippen molar-refractivity contribution < 1.29 is 33.6 Å². The van der Waals surface area contributed by atoms with Crippen molar-refractivity contribution in [1.82, 2.24) is 4.90 Å². The molecule has 1 N–H and O–H groups in total. The first kappa shape index (κ1) is 31.0. The minimum Gasteiger partial charge on any atom is -0.492 e. The number of carboxylic acid groups (broad SMARTS) is 1. The summed E-state index contributed by atoms with van der Waals surface area (Å²) in [5.41, 5.74) is 1.73. The Hall–Kier alpha value is -2.52. The maximum Gasteiger partial charge on any atom is 0.410 e. The number of hydrogen-bond donors (Lipinski definition) is 1. The van der Waals surface area contributed by atoms with Gasteiger partial charge in [0.2, 0.25) is 0 Å². The molecule has 3 rings (SSSR count). The van der Waals surface area contributed by atoms with E-state index in [1.807, 2.05) is 24.3 Å². The largest absolute Gasteiger partial charge is 0.492 e. The number of amides is 1. The molecule has 0 heterocycles. The van der Waals surface area contributed by atoms with E-state index in [0.29, 0.717) is 55.1 Å². The molecule has 1 fully saturated rings. The lowest BCUT2D eigenvalue weighted by Gasteiger charge is -2.24. The molecule has 39 heavy (non-hydrogen) atoms. The number of benzene rings is 2. The van der Waals surface area contributed by atoms with Crippen LogP contribution in [0.1, 0.15) is 50.2 Å². The first-order valence-electron chi connectivity index (χ1n) is 13.4. The zero-order chi connectivity index (χ0) is 28.0. The minimum absolute atomic E-state index is 0.0244. The zero-order valence-electron chi connectivity index (χ0n) is 22.3. The third-order valence-electron chi connectivity index (χ3n) is 6.35. The van der Waals surface area contributed by atoms with E-state index in [1.165, 1.54) is 0 Å². The molecule has 214 valence electrons. The quantitative estimate of drug-likeness (QED) is 0.229. The van der Waals surface area contributed by atoms with E-state index in [1.54, 1.807) is 30.0 Å². The Bertz CT molecular complexity index is 1020. The van der Waals surface area contributed by atoms with E-state index < -0.39 is 12.1 Å². The molecule has 0 spiro atoms. The summed E-state index contributed by atoms with van der Waals surface area (Å²) in [6, 6.07) is 12.5. The summed E-state index contributed by atoms with van der Waals surface area (Å²) in [5, 5.41) is 10.4. The van der Waals surface area contributed by atoms with E-state index in [4.69, 9.17) is 42.1 Å². The highest BCUT2D eigenvalue weighted by atomic mass is 35.5. The van der Waals surface area contributed by atoms with Gasteiger partial charge < -0.3 is 29.0 Å². The fourth-order valence-corrected chi connectivity index (χ4v) is 4.96. The van der Waals surface area contributed by atoms with Crippen LogP contribution in [0.5, 0.6) is 5.75 Å². The molecule has 1 saturated carbocycles. The second kappa shape index (κ2) is 16.6. The molecular formula is C29H37Cl2NO7. The van der Waals surface area contributed by atoms with Gasteiger partial charge in [0.05, 0.1) is 13.2 Å². The Kier molecular flexibility index (Phi) is 13.2. The second-order valence-corrected chi connectivity index (χ2v) is 10.3. The van der Waals surface area contributed by atoms with Crippen molar-refractivity contribution in [2.75, 3.05) is 32.9 Å². The smallest absolute Gasteiger partial charge is 0.410 e. The Balaban J connectivity index is 1.46. The summed E-state index contributed by atoms with van der Waals surface area (Å²) in [7, 11) is 0. The summed E-state index contributed by atoms with van der Waals surface area (Å²) >= 11 is 12.1. The number of halogens is 2. The summed E-state index contributed by atoms with van der Waals surface area (Å²) < 4.78 is 22.6. The highest BCUT2D eigenvalue weighted by molar-refractivity contribution is 6.34. The van der Waals surface area contributed by atoms with Gasteiger partial charge >= 0.3 is 12.1 Å². The van der Waals surface area contributed by atoms with Gasteiger partial charge in [-0.25, -0.2) is 9.59 Å². The number of rotatable bonds is 16. The van der Waals surface area contributed by atoms with Gasteiger partial charge in [0.15, 0.2) is 6.10 Å². The Morgan fingerprint density at radius 3 is 2.33 bits per heavy atom. The van der Waals surface area contributed by atoms with Gasteiger partial charge in [-0.15, -0.1) is 0 Å². The highest BCUT2D eigenvalue weighted by Gasteiger charge is 2.23. The molecule has 1 amide bonds. The van der Waals surface area contributed by atoms with Crippen LogP contribution in [-0.2, 0) is 32.0 Å². The number of ether oxygens (including phenoxy) is 4. The molecule has 1 atom stereocenters. The number of nitrogens with zero attached hydrogens (tertiary/aromatic N) is 1. The van der Waals surface area contributed by atoms with E-state index in [2.05, 4.69) is 0 Å². The standard InChI is InChI=1S/C29H37Cl2NO7/c1-2-37-27(28(33)34)18-21-8-10-25(11-9-21)38-15-13-32(29(35)39-26-6-3-4-7-26)12-5-14-36-20-22-16-23(30)19-24(31)17-22/h8-11,16-17,19,26-27H,2-7,12-15,18,20H2,1H3,(H,33,34). The SMILES string of the molecule is CCOC(Cc1ccc(OCCN(CCCOCc2cc(Cl)cc(Cl)c2)C(=O)OC2CCCC2)cc1)C(=O)O. The fraction of sp³-hybridized carbons (Fsp3) is 0.517. The Morgan fingerprint density at radius 2 is 1.69 bits per heavy atom. The van der Waals surface area contributed by atoms with Crippen molar-refractivity contribution in [3.8, 4) is 5.75 Å². The van der Waals surface area contributed by atoms with Gasteiger partial charge in [-0.05, 0) is 80.5 Å². The van der Waals surface area contributed by atoms with Crippen LogP contribution in [0.15, 0.2) is 42.5 Å². The molecule has 1 aliphatic rings. The van der Waals surface area contributed by atoms with Crippen LogP contribution in [0, 0.1) is 0 Å². The Morgan fingerprint density at radius 1 is 1.00 bits per heavy atom. The third kappa shape index (κ3) is 11.2. The number of carboxylic acids is 1. The molecule has 2 aromatic carbocycles. The molecule has 2 aromatic rings. The van der Waals surface area contributed by atoms with E-state index in [0.717, 1.165) is 36.8 Å². The maximum absolute atomic E-state index is 12.9. The Labute approximate surface area is 240 Å². The molecule has 0 bridgehead atoms. The molecule has 1 unspecified atom stereocenters. The summed E-state index contributed by atoms with van der Waals surface area (Å²) in [6.07, 6.45) is 3.63. The van der Waals surface area contributed by atoms with E-state index in [9.17, 15) is 14.7 Å². The van der Waals surface area contributed by atoms with E-state index in [-0.39, 0.29) is 25.2 Å². The number of carbonyl (C=O) groups excluding carboxylic acids is 1. The van der Waals surface area contributed by atoms with Crippen molar-refractivity contribution in [2.24, 2.45) is 0 Å². The van der Waals surface area contributed by atoms with Gasteiger partial charge in [-0.3, -0.25) is 0 Å². The topological polar surface area (TPSA) is 94.5 Å². The maximum atomic E-state index is 12.9. The van der Waals surface area contributed by atoms with Crippen LogP contribution in [-0.4, -0.2) is 67.2 Å². The predicted octanol–water partition coefficient (Wildman–Crippen LogP) is 6.39. The fourth-order valence-electron chi connectivity index (χ4n) is 4.39. The van der Waals surface area contributed by atoms with Gasteiger partial charge in [-0.1, -0.05) is 35.3 Å². The van der Waals surface area contributed by atoms with Crippen molar-refractivity contribution >= 4 is 35.3 Å². The van der Waals surface area contributed by atoms with Crippen LogP contribution in [0.4, 0.5) is 4.79 Å². The molecule has 0 radical (unpaired) electrons.